The van der Waals surface area contributed by atoms with Crippen LogP contribution in [0.15, 0.2) is 10.8 Å². The molecule has 0 saturated heterocycles. The number of anilines is 2. The molecule has 0 aliphatic carbocycles. The monoisotopic (exact) mass is 302 g/mol. The summed E-state index contributed by atoms with van der Waals surface area (Å²) < 4.78 is 6.30. The average molecular weight is 303 g/mol. The van der Waals surface area contributed by atoms with Crippen LogP contribution in [0.1, 0.15) is 20.8 Å². The zero-order valence-corrected chi connectivity index (χ0v) is 12.0. The second-order valence-electron chi connectivity index (χ2n) is 3.56. The summed E-state index contributed by atoms with van der Waals surface area (Å²) in [7, 11) is 0. The molecule has 1 atom stereocenters. The summed E-state index contributed by atoms with van der Waals surface area (Å²) >= 11 is 3.48. The van der Waals surface area contributed by atoms with Gasteiger partial charge in [0.05, 0.1) is 6.10 Å². The Morgan fingerprint density at radius 3 is 2.53 bits per heavy atom. The lowest BCUT2D eigenvalue weighted by molar-refractivity contribution is 0.0854. The van der Waals surface area contributed by atoms with Crippen molar-refractivity contribution in [3.8, 4) is 0 Å². The van der Waals surface area contributed by atoms with Gasteiger partial charge in [-0.3, -0.25) is 0 Å². The highest BCUT2D eigenvalue weighted by Crippen LogP contribution is 2.26. The van der Waals surface area contributed by atoms with E-state index in [4.69, 9.17) is 4.74 Å². The van der Waals surface area contributed by atoms with Gasteiger partial charge in [-0.2, -0.15) is 0 Å². The highest BCUT2D eigenvalue weighted by molar-refractivity contribution is 9.10. The van der Waals surface area contributed by atoms with Crippen LogP contribution in [-0.4, -0.2) is 35.8 Å². The maximum atomic E-state index is 5.44. The third-order valence-corrected chi connectivity index (χ3v) is 2.89. The minimum Gasteiger partial charge on any atom is -0.377 e. The van der Waals surface area contributed by atoms with E-state index in [1.54, 1.807) is 0 Å². The summed E-state index contributed by atoms with van der Waals surface area (Å²) in [6.45, 7) is 8.30. The van der Waals surface area contributed by atoms with Gasteiger partial charge in [0.15, 0.2) is 0 Å². The second kappa shape index (κ2) is 7.45. The number of hydrogen-bond acceptors (Lipinski definition) is 5. The molecule has 0 bridgehead atoms. The third-order valence-electron chi connectivity index (χ3n) is 2.14. The highest BCUT2D eigenvalue weighted by Gasteiger charge is 2.08. The first-order valence-electron chi connectivity index (χ1n) is 5.78. The van der Waals surface area contributed by atoms with E-state index >= 15 is 0 Å². The molecular formula is C11H19BrN4O. The Bertz CT molecular complexity index is 348. The third kappa shape index (κ3) is 4.47. The minimum absolute atomic E-state index is 0.157. The average Bonchev–Trinajstić information content (AvgIpc) is 2.31. The van der Waals surface area contributed by atoms with E-state index in [1.807, 2.05) is 20.8 Å². The van der Waals surface area contributed by atoms with Gasteiger partial charge in [0.25, 0.3) is 0 Å². The van der Waals surface area contributed by atoms with E-state index < -0.39 is 0 Å². The molecule has 2 N–H and O–H groups in total. The number of ether oxygens (including phenoxy) is 1. The van der Waals surface area contributed by atoms with Crippen LogP contribution < -0.4 is 10.6 Å². The molecule has 1 rings (SSSR count). The normalized spacial score (nSPS) is 12.2. The molecule has 1 aromatic rings. The summed E-state index contributed by atoms with van der Waals surface area (Å²) in [5.74, 6) is 1.58. The molecule has 0 aromatic carbocycles. The molecule has 5 nitrogen and oxygen atoms in total. The number of aromatic nitrogens is 2. The summed E-state index contributed by atoms with van der Waals surface area (Å²) in [5, 5.41) is 6.39. The Morgan fingerprint density at radius 1 is 1.29 bits per heavy atom. The van der Waals surface area contributed by atoms with Gasteiger partial charge in [-0.1, -0.05) is 0 Å². The lowest BCUT2D eigenvalue weighted by Gasteiger charge is -2.14. The molecule has 96 valence electrons. The van der Waals surface area contributed by atoms with E-state index in [-0.39, 0.29) is 6.10 Å². The largest absolute Gasteiger partial charge is 0.377 e. The van der Waals surface area contributed by atoms with E-state index in [1.165, 1.54) is 6.33 Å². The Balaban J connectivity index is 2.61. The zero-order chi connectivity index (χ0) is 12.7. The molecule has 0 amide bonds. The number of rotatable bonds is 7. The molecule has 1 aromatic heterocycles. The van der Waals surface area contributed by atoms with E-state index in [0.717, 1.165) is 35.8 Å². The van der Waals surface area contributed by atoms with E-state index in [0.29, 0.717) is 0 Å². The van der Waals surface area contributed by atoms with E-state index in [9.17, 15) is 0 Å². The highest BCUT2D eigenvalue weighted by atomic mass is 79.9. The van der Waals surface area contributed by atoms with Crippen LogP contribution in [0.5, 0.6) is 0 Å². The Morgan fingerprint density at radius 2 is 1.94 bits per heavy atom. The molecule has 6 heteroatoms. The molecule has 17 heavy (non-hydrogen) atoms. The molecule has 0 fully saturated rings. The van der Waals surface area contributed by atoms with E-state index in [2.05, 4.69) is 36.5 Å². The number of nitrogens with one attached hydrogen (secondary N) is 2. The van der Waals surface area contributed by atoms with Crippen molar-refractivity contribution in [1.29, 1.82) is 0 Å². The summed E-state index contributed by atoms with van der Waals surface area (Å²) in [6.07, 6.45) is 1.70. The van der Waals surface area contributed by atoms with Gasteiger partial charge in [-0.15, -0.1) is 0 Å². The summed E-state index contributed by atoms with van der Waals surface area (Å²) in [5.41, 5.74) is 0. The summed E-state index contributed by atoms with van der Waals surface area (Å²) in [6, 6.07) is 0. The smallest absolute Gasteiger partial charge is 0.146 e. The van der Waals surface area contributed by atoms with Crippen molar-refractivity contribution in [2.24, 2.45) is 0 Å². The number of hydrogen-bond donors (Lipinski definition) is 2. The van der Waals surface area contributed by atoms with Crippen LogP contribution in [0, 0.1) is 0 Å². The quantitative estimate of drug-likeness (QED) is 0.810. The number of halogens is 1. The van der Waals surface area contributed by atoms with Crippen molar-refractivity contribution in [3.05, 3.63) is 10.8 Å². The Hall–Kier alpha value is -0.880. The van der Waals surface area contributed by atoms with Crippen LogP contribution in [0.3, 0.4) is 0 Å². The zero-order valence-electron chi connectivity index (χ0n) is 10.5. The van der Waals surface area contributed by atoms with Gasteiger partial charge < -0.3 is 15.4 Å². The molecule has 0 saturated carbocycles. The second-order valence-corrected chi connectivity index (χ2v) is 4.36. The van der Waals surface area contributed by atoms with Gasteiger partial charge in [-0.05, 0) is 36.7 Å². The van der Waals surface area contributed by atoms with Crippen molar-refractivity contribution in [1.82, 2.24) is 9.97 Å². The van der Waals surface area contributed by atoms with Crippen molar-refractivity contribution in [2.75, 3.05) is 30.3 Å². The maximum absolute atomic E-state index is 5.44. The first-order valence-corrected chi connectivity index (χ1v) is 6.58. The fourth-order valence-electron chi connectivity index (χ4n) is 1.37. The Labute approximate surface area is 111 Å². The lowest BCUT2D eigenvalue weighted by atomic mass is 10.4. The van der Waals surface area contributed by atoms with Gasteiger partial charge in [-0.25, -0.2) is 9.97 Å². The SMILES string of the molecule is CCNc1ncnc(NCC(C)OCC)c1Br. The fourth-order valence-corrected chi connectivity index (χ4v) is 1.85. The first-order chi connectivity index (χ1) is 8.19. The minimum atomic E-state index is 0.157. The van der Waals surface area contributed by atoms with Crippen LogP contribution in [0.25, 0.3) is 0 Å². The molecule has 0 aliphatic heterocycles. The lowest BCUT2D eigenvalue weighted by Crippen LogP contribution is -2.20. The van der Waals surface area contributed by atoms with Crippen LogP contribution in [-0.2, 0) is 4.74 Å². The molecule has 0 spiro atoms. The molecule has 0 radical (unpaired) electrons. The predicted molar refractivity (Wildman–Crippen MR) is 73.5 cm³/mol. The van der Waals surface area contributed by atoms with Crippen LogP contribution in [0.4, 0.5) is 11.6 Å². The van der Waals surface area contributed by atoms with Crippen LogP contribution in [0.2, 0.25) is 0 Å². The predicted octanol–water partition coefficient (Wildman–Crippen LogP) is 2.51. The van der Waals surface area contributed by atoms with Gasteiger partial charge in [0.2, 0.25) is 0 Å². The van der Waals surface area contributed by atoms with Gasteiger partial charge >= 0.3 is 0 Å². The van der Waals surface area contributed by atoms with Crippen molar-refractivity contribution in [3.63, 3.8) is 0 Å². The molecule has 1 unspecified atom stereocenters. The van der Waals surface area contributed by atoms with Crippen LogP contribution >= 0.6 is 15.9 Å². The Kier molecular flexibility index (Phi) is 6.21. The molecule has 1 heterocycles. The first kappa shape index (κ1) is 14.2. The standard InChI is InChI=1S/C11H19BrN4O/c1-4-13-10-9(12)11(16-7-15-10)14-6-8(3)17-5-2/h7-8H,4-6H2,1-3H3,(H2,13,14,15,16). The molecule has 0 aliphatic rings. The number of nitrogens with zero attached hydrogens (tertiary/aromatic N) is 2. The molecular weight excluding hydrogens is 284 g/mol. The van der Waals surface area contributed by atoms with Gasteiger partial charge in [0, 0.05) is 19.7 Å². The van der Waals surface area contributed by atoms with Crippen molar-refractivity contribution in [2.45, 2.75) is 26.9 Å². The van der Waals surface area contributed by atoms with Crippen molar-refractivity contribution < 1.29 is 4.74 Å². The topological polar surface area (TPSA) is 59.1 Å². The maximum Gasteiger partial charge on any atom is 0.146 e. The van der Waals surface area contributed by atoms with Gasteiger partial charge in [0.1, 0.15) is 22.4 Å². The van der Waals surface area contributed by atoms with Crippen molar-refractivity contribution >= 4 is 27.6 Å². The summed E-state index contributed by atoms with van der Waals surface area (Å²) in [4.78, 5) is 8.34. The fraction of sp³-hybridized carbons (Fsp3) is 0.636.